The molecule has 0 aromatic heterocycles. The molecule has 0 unspecified atom stereocenters. The molecule has 0 aliphatic rings. The molecule has 120 valence electrons. The van der Waals surface area contributed by atoms with Gasteiger partial charge in [0, 0.05) is 16.2 Å². The number of thioether (sulfide) groups is 1. The molecule has 0 saturated carbocycles. The second kappa shape index (κ2) is 8.96. The van der Waals surface area contributed by atoms with E-state index >= 15 is 0 Å². The van der Waals surface area contributed by atoms with Crippen molar-refractivity contribution in [2.75, 3.05) is 12.4 Å². The van der Waals surface area contributed by atoms with Crippen LogP contribution in [0.15, 0.2) is 53.4 Å². The number of ketones is 1. The lowest BCUT2D eigenvalue weighted by atomic mass is 10.1. The van der Waals surface area contributed by atoms with Crippen molar-refractivity contribution in [1.29, 1.82) is 0 Å². The van der Waals surface area contributed by atoms with Gasteiger partial charge in [-0.05, 0) is 18.2 Å². The lowest BCUT2D eigenvalue weighted by molar-refractivity contribution is -0.141. The van der Waals surface area contributed by atoms with Gasteiger partial charge in [-0.1, -0.05) is 53.5 Å². The maximum atomic E-state index is 11.8. The van der Waals surface area contributed by atoms with E-state index in [2.05, 4.69) is 0 Å². The molecule has 0 atom stereocenters. The molecule has 0 heterocycles. The highest BCUT2D eigenvalue weighted by Gasteiger charge is 2.10. The van der Waals surface area contributed by atoms with Crippen LogP contribution in [0, 0.1) is 0 Å². The van der Waals surface area contributed by atoms with Crippen molar-refractivity contribution < 1.29 is 14.3 Å². The molecule has 0 aliphatic heterocycles. The fourth-order valence-corrected chi connectivity index (χ4v) is 2.98. The Bertz CT molecular complexity index is 689. The lowest BCUT2D eigenvalue weighted by Gasteiger charge is -2.05. The van der Waals surface area contributed by atoms with Crippen LogP contribution in [0.1, 0.15) is 16.8 Å². The summed E-state index contributed by atoms with van der Waals surface area (Å²) >= 11 is 13.2. The molecular weight excluding hydrogens is 355 g/mol. The number of halogens is 2. The van der Waals surface area contributed by atoms with Gasteiger partial charge in [-0.25, -0.2) is 0 Å². The van der Waals surface area contributed by atoms with Crippen molar-refractivity contribution >= 4 is 46.7 Å². The van der Waals surface area contributed by atoms with Crippen LogP contribution in [0.3, 0.4) is 0 Å². The van der Waals surface area contributed by atoms with Crippen LogP contribution in [-0.4, -0.2) is 24.1 Å². The van der Waals surface area contributed by atoms with Crippen molar-refractivity contribution in [1.82, 2.24) is 0 Å². The van der Waals surface area contributed by atoms with Gasteiger partial charge in [-0.2, -0.15) is 0 Å². The van der Waals surface area contributed by atoms with Gasteiger partial charge in [0.2, 0.25) is 0 Å². The zero-order chi connectivity index (χ0) is 16.7. The first-order valence-corrected chi connectivity index (χ1v) is 8.62. The van der Waals surface area contributed by atoms with Crippen LogP contribution < -0.4 is 0 Å². The maximum Gasteiger partial charge on any atom is 0.307 e. The Balaban J connectivity index is 1.71. The van der Waals surface area contributed by atoms with Crippen molar-refractivity contribution in [2.45, 2.75) is 11.3 Å². The van der Waals surface area contributed by atoms with E-state index in [-0.39, 0.29) is 18.8 Å². The molecule has 2 rings (SSSR count). The SMILES string of the molecule is O=C(CCSc1ccc(Cl)c(Cl)c1)OCC(=O)c1ccccc1. The van der Waals surface area contributed by atoms with E-state index in [1.54, 1.807) is 36.4 Å². The molecule has 0 bridgehead atoms. The van der Waals surface area contributed by atoms with Gasteiger partial charge in [0.15, 0.2) is 12.4 Å². The van der Waals surface area contributed by atoms with Gasteiger partial charge in [-0.15, -0.1) is 11.8 Å². The summed E-state index contributed by atoms with van der Waals surface area (Å²) < 4.78 is 4.99. The van der Waals surface area contributed by atoms with Crippen LogP contribution in [0.2, 0.25) is 10.0 Å². The molecular formula is C17H14Cl2O3S. The Hall–Kier alpha value is -1.49. The van der Waals surface area contributed by atoms with Gasteiger partial charge in [0.1, 0.15) is 0 Å². The summed E-state index contributed by atoms with van der Waals surface area (Å²) in [7, 11) is 0. The van der Waals surface area contributed by atoms with Crippen molar-refractivity contribution in [3.05, 3.63) is 64.1 Å². The van der Waals surface area contributed by atoms with Crippen LogP contribution in [-0.2, 0) is 9.53 Å². The Morgan fingerprint density at radius 1 is 1.00 bits per heavy atom. The van der Waals surface area contributed by atoms with Crippen molar-refractivity contribution in [2.24, 2.45) is 0 Å². The Morgan fingerprint density at radius 2 is 1.74 bits per heavy atom. The number of hydrogen-bond donors (Lipinski definition) is 0. The minimum absolute atomic E-state index is 0.212. The van der Waals surface area contributed by atoms with Gasteiger partial charge in [-0.3, -0.25) is 9.59 Å². The second-order valence-electron chi connectivity index (χ2n) is 4.62. The minimum Gasteiger partial charge on any atom is -0.457 e. The van der Waals surface area contributed by atoms with Gasteiger partial charge >= 0.3 is 5.97 Å². The first-order valence-electron chi connectivity index (χ1n) is 6.88. The third-order valence-electron chi connectivity index (χ3n) is 2.93. The topological polar surface area (TPSA) is 43.4 Å². The summed E-state index contributed by atoms with van der Waals surface area (Å²) in [6.45, 7) is -0.236. The number of ether oxygens (including phenoxy) is 1. The highest BCUT2D eigenvalue weighted by atomic mass is 35.5. The van der Waals surface area contributed by atoms with E-state index in [0.29, 0.717) is 21.4 Å². The van der Waals surface area contributed by atoms with E-state index < -0.39 is 5.97 Å². The predicted octanol–water partition coefficient (Wildman–Crippen LogP) is 4.90. The molecule has 2 aromatic rings. The number of carbonyl (C=O) groups excluding carboxylic acids is 2. The fraction of sp³-hybridized carbons (Fsp3) is 0.176. The summed E-state index contributed by atoms with van der Waals surface area (Å²) in [4.78, 5) is 24.4. The molecule has 0 N–H and O–H groups in total. The highest BCUT2D eigenvalue weighted by molar-refractivity contribution is 7.99. The maximum absolute atomic E-state index is 11.8. The zero-order valence-corrected chi connectivity index (χ0v) is 14.5. The van der Waals surface area contributed by atoms with Crippen LogP contribution >= 0.6 is 35.0 Å². The number of Topliss-reactive ketones (excluding diaryl/α,β-unsaturated/α-hetero) is 1. The predicted molar refractivity (Wildman–Crippen MR) is 93.5 cm³/mol. The van der Waals surface area contributed by atoms with Crippen LogP contribution in [0.4, 0.5) is 0 Å². The standard InChI is InChI=1S/C17H14Cl2O3S/c18-14-7-6-13(10-15(14)19)23-9-8-17(21)22-11-16(20)12-4-2-1-3-5-12/h1-7,10H,8-9,11H2. The quantitative estimate of drug-likeness (QED) is 0.396. The summed E-state index contributed by atoms with van der Waals surface area (Å²) in [5, 5.41) is 0.975. The molecule has 6 heteroatoms. The third kappa shape index (κ3) is 5.90. The molecule has 0 spiro atoms. The van der Waals surface area contributed by atoms with E-state index in [4.69, 9.17) is 27.9 Å². The Kier molecular flexibility index (Phi) is 6.96. The first kappa shape index (κ1) is 17.9. The Labute approximate surface area is 148 Å². The average Bonchev–Trinajstić information content (AvgIpc) is 2.56. The van der Waals surface area contributed by atoms with Crippen molar-refractivity contribution in [3.63, 3.8) is 0 Å². The summed E-state index contributed by atoms with van der Waals surface area (Å²) in [5.74, 6) is -0.0750. The minimum atomic E-state index is -0.401. The molecule has 2 aromatic carbocycles. The normalized spacial score (nSPS) is 10.3. The summed E-state index contributed by atoms with van der Waals surface area (Å²) in [6.07, 6.45) is 0.215. The summed E-state index contributed by atoms with van der Waals surface area (Å²) in [6, 6.07) is 14.0. The fourth-order valence-electron chi connectivity index (χ4n) is 1.74. The van der Waals surface area contributed by atoms with Crippen molar-refractivity contribution in [3.8, 4) is 0 Å². The second-order valence-corrected chi connectivity index (χ2v) is 6.61. The smallest absolute Gasteiger partial charge is 0.307 e. The number of benzene rings is 2. The Morgan fingerprint density at radius 3 is 2.43 bits per heavy atom. The highest BCUT2D eigenvalue weighted by Crippen LogP contribution is 2.28. The molecule has 0 aliphatic carbocycles. The van der Waals surface area contributed by atoms with Crippen LogP contribution in [0.25, 0.3) is 0 Å². The largest absolute Gasteiger partial charge is 0.457 e. The number of esters is 1. The van der Waals surface area contributed by atoms with E-state index in [0.717, 1.165) is 4.90 Å². The van der Waals surface area contributed by atoms with Crippen LogP contribution in [0.5, 0.6) is 0 Å². The van der Waals surface area contributed by atoms with Gasteiger partial charge < -0.3 is 4.74 Å². The molecule has 0 saturated heterocycles. The molecule has 0 fully saturated rings. The number of carbonyl (C=O) groups is 2. The molecule has 23 heavy (non-hydrogen) atoms. The molecule has 0 radical (unpaired) electrons. The molecule has 3 nitrogen and oxygen atoms in total. The number of rotatable bonds is 7. The monoisotopic (exact) mass is 368 g/mol. The lowest BCUT2D eigenvalue weighted by Crippen LogP contribution is -2.14. The van der Waals surface area contributed by atoms with Gasteiger partial charge in [0.25, 0.3) is 0 Å². The zero-order valence-electron chi connectivity index (χ0n) is 12.1. The number of hydrogen-bond acceptors (Lipinski definition) is 4. The summed E-state index contributed by atoms with van der Waals surface area (Å²) in [5.41, 5.74) is 0.533. The van der Waals surface area contributed by atoms with E-state index in [9.17, 15) is 9.59 Å². The first-order chi connectivity index (χ1) is 11.1. The van der Waals surface area contributed by atoms with E-state index in [1.807, 2.05) is 12.1 Å². The van der Waals surface area contributed by atoms with E-state index in [1.165, 1.54) is 11.8 Å². The average molecular weight is 369 g/mol. The third-order valence-corrected chi connectivity index (χ3v) is 4.66. The molecule has 0 amide bonds. The van der Waals surface area contributed by atoms with Gasteiger partial charge in [0.05, 0.1) is 16.5 Å².